The summed E-state index contributed by atoms with van der Waals surface area (Å²) in [5.41, 5.74) is 4.07. The van der Waals surface area contributed by atoms with Crippen molar-refractivity contribution in [3.63, 3.8) is 0 Å². The van der Waals surface area contributed by atoms with Gasteiger partial charge in [0.15, 0.2) is 11.6 Å². The molecule has 0 spiro atoms. The fourth-order valence-corrected chi connectivity index (χ4v) is 8.15. The van der Waals surface area contributed by atoms with Crippen molar-refractivity contribution in [2.24, 2.45) is 25.9 Å². The van der Waals surface area contributed by atoms with Crippen molar-refractivity contribution in [1.82, 2.24) is 28.2 Å². The Morgan fingerprint density at radius 3 is 1.48 bits per heavy atom. The van der Waals surface area contributed by atoms with Crippen LogP contribution < -0.4 is 0 Å². The molecular weight excluding hydrogens is 660 g/mol. The standard InChI is InChI=1S/C40H38N6O6/c1-23-41-15-17-45(23)21-25-19-31(37-35(39(25)49)27-9-5-7-11-29(27)43(37)3)51-33(47)13-14-34(48)52-32-20-26(22-46-18-16-42-24(46)2)40(50)36-28-10-6-8-12-30(28)44(4)38(32)36/h5-18,25-26,31-32H,19-22H2,1-4H3/b14-13-/t25-,26-,31?,32?/m0/s1. The Hall–Kier alpha value is -6.04. The predicted molar refractivity (Wildman–Crippen MR) is 191 cm³/mol. The van der Waals surface area contributed by atoms with Crippen molar-refractivity contribution < 1.29 is 28.7 Å². The second-order valence-corrected chi connectivity index (χ2v) is 13.7. The van der Waals surface area contributed by atoms with Crippen LogP contribution in [0.25, 0.3) is 21.8 Å². The molecule has 2 aromatic carbocycles. The van der Waals surface area contributed by atoms with Gasteiger partial charge >= 0.3 is 11.9 Å². The number of para-hydroxylation sites is 2. The smallest absolute Gasteiger partial charge is 0.331 e. The van der Waals surface area contributed by atoms with Crippen molar-refractivity contribution in [3.05, 3.63) is 120 Å². The zero-order valence-electron chi connectivity index (χ0n) is 29.4. The number of imidazole rings is 2. The van der Waals surface area contributed by atoms with E-state index in [-0.39, 0.29) is 24.4 Å². The number of nitrogens with zero attached hydrogens (tertiary/aromatic N) is 6. The van der Waals surface area contributed by atoms with E-state index >= 15 is 0 Å². The molecule has 0 bridgehead atoms. The molecule has 6 aromatic rings. The molecule has 2 aliphatic carbocycles. The predicted octanol–water partition coefficient (Wildman–Crippen LogP) is 5.91. The maximum atomic E-state index is 13.9. The molecule has 0 fully saturated rings. The second-order valence-electron chi connectivity index (χ2n) is 13.7. The fraction of sp³-hybridized carbons (Fsp3) is 0.300. The molecule has 4 atom stereocenters. The first kappa shape index (κ1) is 33.1. The monoisotopic (exact) mass is 698 g/mol. The third kappa shape index (κ3) is 5.55. The number of carbonyl (C=O) groups is 4. The lowest BCUT2D eigenvalue weighted by molar-refractivity contribution is -0.147. The molecule has 12 heteroatoms. The lowest BCUT2D eigenvalue weighted by Crippen LogP contribution is -2.32. The average molecular weight is 699 g/mol. The molecule has 0 saturated heterocycles. The Balaban J connectivity index is 1.04. The maximum absolute atomic E-state index is 13.9. The lowest BCUT2D eigenvalue weighted by Gasteiger charge is -2.30. The number of rotatable bonds is 8. The van der Waals surface area contributed by atoms with E-state index in [2.05, 4.69) is 9.97 Å². The number of Topliss-reactive ketones (excluding diaryl/α,β-unsaturated/α-hetero) is 2. The number of aryl methyl sites for hydroxylation is 4. The van der Waals surface area contributed by atoms with Crippen LogP contribution in [0, 0.1) is 25.7 Å². The summed E-state index contributed by atoms with van der Waals surface area (Å²) in [5.74, 6) is -0.828. The fourth-order valence-electron chi connectivity index (χ4n) is 8.15. The Kier molecular flexibility index (Phi) is 8.24. The molecule has 0 radical (unpaired) electrons. The van der Waals surface area contributed by atoms with Gasteiger partial charge in [0.25, 0.3) is 0 Å². The minimum Gasteiger partial charge on any atom is -0.453 e. The number of hydrogen-bond donors (Lipinski definition) is 0. The summed E-state index contributed by atoms with van der Waals surface area (Å²) in [7, 11) is 3.72. The molecule has 8 rings (SSSR count). The van der Waals surface area contributed by atoms with E-state index in [4.69, 9.17) is 9.47 Å². The van der Waals surface area contributed by atoms with Crippen LogP contribution in [0.3, 0.4) is 0 Å². The van der Waals surface area contributed by atoms with Crippen LogP contribution in [-0.4, -0.2) is 51.7 Å². The van der Waals surface area contributed by atoms with E-state index in [1.807, 2.05) is 107 Å². The summed E-state index contributed by atoms with van der Waals surface area (Å²) in [4.78, 5) is 63.3. The van der Waals surface area contributed by atoms with Gasteiger partial charge in [-0.2, -0.15) is 0 Å². The first-order valence-corrected chi connectivity index (χ1v) is 17.4. The highest BCUT2D eigenvalue weighted by atomic mass is 16.5. The van der Waals surface area contributed by atoms with Crippen molar-refractivity contribution in [2.45, 2.75) is 52.0 Å². The molecule has 0 N–H and O–H groups in total. The van der Waals surface area contributed by atoms with Crippen LogP contribution in [0.15, 0.2) is 85.5 Å². The second kappa shape index (κ2) is 12.9. The SMILES string of the molecule is Cc1nccn1C[C@@H]1CC(OC(=O)/C=C\C(=O)OC2C[C@@H](Cn3ccnc3C)C(=O)c3c2n(C)c2ccccc32)c2c(c3ccccc3n2C)C1=O. The Morgan fingerprint density at radius 1 is 0.692 bits per heavy atom. The van der Waals surface area contributed by atoms with Gasteiger partial charge in [-0.25, -0.2) is 19.6 Å². The number of fused-ring (bicyclic) bond motifs is 6. The van der Waals surface area contributed by atoms with Crippen LogP contribution >= 0.6 is 0 Å². The van der Waals surface area contributed by atoms with Gasteiger partial charge in [-0.3, -0.25) is 9.59 Å². The first-order chi connectivity index (χ1) is 25.1. The van der Waals surface area contributed by atoms with Gasteiger partial charge in [0, 0.05) is 111 Å². The summed E-state index contributed by atoms with van der Waals surface area (Å²) in [6.07, 6.45) is 8.27. The molecule has 0 aliphatic heterocycles. The Labute approximate surface area is 299 Å². The molecule has 4 aromatic heterocycles. The highest BCUT2D eigenvalue weighted by molar-refractivity contribution is 6.12. The molecule has 264 valence electrons. The molecule has 52 heavy (non-hydrogen) atoms. The average Bonchev–Trinajstić information content (AvgIpc) is 3.89. The highest BCUT2D eigenvalue weighted by Crippen LogP contribution is 2.43. The molecule has 2 aliphatic rings. The van der Waals surface area contributed by atoms with E-state index in [0.29, 0.717) is 35.6 Å². The largest absolute Gasteiger partial charge is 0.453 e. The minimum atomic E-state index is -0.734. The molecular formula is C40H38N6O6. The van der Waals surface area contributed by atoms with Gasteiger partial charge in [0.1, 0.15) is 23.9 Å². The van der Waals surface area contributed by atoms with E-state index in [0.717, 1.165) is 45.6 Å². The third-order valence-corrected chi connectivity index (χ3v) is 10.7. The van der Waals surface area contributed by atoms with Gasteiger partial charge in [-0.1, -0.05) is 36.4 Å². The topological polar surface area (TPSA) is 132 Å². The minimum absolute atomic E-state index is 0.00788. The number of carbonyl (C=O) groups excluding carboxylic acids is 4. The number of ether oxygens (including phenoxy) is 2. The summed E-state index contributed by atoms with van der Waals surface area (Å²) in [6.45, 7) is 4.55. The molecule has 12 nitrogen and oxygen atoms in total. The van der Waals surface area contributed by atoms with Crippen LogP contribution in [-0.2, 0) is 46.2 Å². The van der Waals surface area contributed by atoms with Crippen LogP contribution in [0.4, 0.5) is 0 Å². The number of esters is 2. The molecule has 2 unspecified atom stereocenters. The van der Waals surface area contributed by atoms with Crippen molar-refractivity contribution in [3.8, 4) is 0 Å². The van der Waals surface area contributed by atoms with Crippen molar-refractivity contribution in [2.75, 3.05) is 0 Å². The third-order valence-electron chi connectivity index (χ3n) is 10.7. The quantitative estimate of drug-likeness (QED) is 0.142. The van der Waals surface area contributed by atoms with E-state index in [9.17, 15) is 19.2 Å². The van der Waals surface area contributed by atoms with Gasteiger partial charge in [-0.15, -0.1) is 0 Å². The molecule has 0 saturated carbocycles. The van der Waals surface area contributed by atoms with E-state index in [1.54, 1.807) is 12.4 Å². The number of aromatic nitrogens is 6. The number of ketones is 2. The number of benzene rings is 2. The highest BCUT2D eigenvalue weighted by Gasteiger charge is 2.41. The van der Waals surface area contributed by atoms with Crippen LogP contribution in [0.2, 0.25) is 0 Å². The summed E-state index contributed by atoms with van der Waals surface area (Å²) < 4.78 is 19.7. The zero-order chi connectivity index (χ0) is 36.3. The Morgan fingerprint density at radius 2 is 1.10 bits per heavy atom. The first-order valence-electron chi connectivity index (χ1n) is 17.4. The summed E-state index contributed by atoms with van der Waals surface area (Å²) >= 11 is 0. The summed E-state index contributed by atoms with van der Waals surface area (Å²) in [5, 5.41) is 1.61. The van der Waals surface area contributed by atoms with Crippen LogP contribution in [0.5, 0.6) is 0 Å². The van der Waals surface area contributed by atoms with Crippen LogP contribution in [0.1, 0.15) is 68.8 Å². The van der Waals surface area contributed by atoms with E-state index in [1.165, 1.54) is 0 Å². The van der Waals surface area contributed by atoms with Gasteiger partial charge < -0.3 is 27.7 Å². The molecule has 0 amide bonds. The van der Waals surface area contributed by atoms with Crippen molar-refractivity contribution in [1.29, 1.82) is 0 Å². The van der Waals surface area contributed by atoms with Gasteiger partial charge in [0.2, 0.25) is 0 Å². The van der Waals surface area contributed by atoms with Gasteiger partial charge in [-0.05, 0) is 26.0 Å². The normalized spacial score (nSPS) is 20.1. The maximum Gasteiger partial charge on any atom is 0.331 e. The molecule has 4 heterocycles. The number of hydrogen-bond acceptors (Lipinski definition) is 8. The van der Waals surface area contributed by atoms with Crippen molar-refractivity contribution >= 4 is 45.3 Å². The zero-order valence-corrected chi connectivity index (χ0v) is 29.4. The lowest BCUT2D eigenvalue weighted by atomic mass is 9.83. The van der Waals surface area contributed by atoms with E-state index < -0.39 is 36.0 Å². The van der Waals surface area contributed by atoms with Gasteiger partial charge in [0.05, 0.1) is 22.5 Å². The Bertz CT molecular complexity index is 2270. The summed E-state index contributed by atoms with van der Waals surface area (Å²) in [6, 6.07) is 15.3.